The Morgan fingerprint density at radius 2 is 2.05 bits per heavy atom. The number of thiophene rings is 1. The molecule has 3 nitrogen and oxygen atoms in total. The van der Waals surface area contributed by atoms with Crippen molar-refractivity contribution < 1.29 is 9.18 Å². The summed E-state index contributed by atoms with van der Waals surface area (Å²) in [7, 11) is 0. The molecular formula is C16H12ClFN2OS. The third-order valence-corrected chi connectivity index (χ3v) is 4.49. The van der Waals surface area contributed by atoms with Crippen LogP contribution in [0.15, 0.2) is 48.8 Å². The van der Waals surface area contributed by atoms with E-state index in [9.17, 15) is 9.18 Å². The second-order valence-electron chi connectivity index (χ2n) is 4.66. The highest BCUT2D eigenvalue weighted by Crippen LogP contribution is 2.33. The molecule has 0 fully saturated rings. The van der Waals surface area contributed by atoms with Gasteiger partial charge in [0.05, 0.1) is 9.90 Å². The maximum Gasteiger partial charge on any atom is 0.253 e. The second-order valence-corrected chi connectivity index (χ2v) is 6.38. The SMILES string of the molecule is O=C(NCc1ccccc1F)c1c[nH]cc1-c1ccc(Cl)s1. The molecule has 0 spiro atoms. The second kappa shape index (κ2) is 6.34. The van der Waals surface area contributed by atoms with E-state index in [0.717, 1.165) is 10.4 Å². The Labute approximate surface area is 135 Å². The van der Waals surface area contributed by atoms with Gasteiger partial charge in [0.15, 0.2) is 0 Å². The molecule has 0 unspecified atom stereocenters. The Hall–Kier alpha value is -2.11. The van der Waals surface area contributed by atoms with E-state index in [2.05, 4.69) is 10.3 Å². The van der Waals surface area contributed by atoms with Gasteiger partial charge in [0.1, 0.15) is 5.82 Å². The summed E-state index contributed by atoms with van der Waals surface area (Å²) in [6.45, 7) is 0.140. The van der Waals surface area contributed by atoms with E-state index in [1.807, 2.05) is 6.07 Å². The third kappa shape index (κ3) is 3.05. The number of benzene rings is 1. The van der Waals surface area contributed by atoms with Crippen molar-refractivity contribution >= 4 is 28.8 Å². The quantitative estimate of drug-likeness (QED) is 0.726. The average Bonchev–Trinajstić information content (AvgIpc) is 3.14. The first-order valence-corrected chi connectivity index (χ1v) is 7.78. The van der Waals surface area contributed by atoms with Crippen LogP contribution < -0.4 is 5.32 Å². The number of hydrogen-bond acceptors (Lipinski definition) is 2. The summed E-state index contributed by atoms with van der Waals surface area (Å²) in [5.74, 6) is -0.592. The fraction of sp³-hybridized carbons (Fsp3) is 0.0625. The third-order valence-electron chi connectivity index (χ3n) is 3.23. The molecule has 0 radical (unpaired) electrons. The van der Waals surface area contributed by atoms with Crippen molar-refractivity contribution in [3.63, 3.8) is 0 Å². The van der Waals surface area contributed by atoms with E-state index >= 15 is 0 Å². The fourth-order valence-electron chi connectivity index (χ4n) is 2.13. The van der Waals surface area contributed by atoms with Gasteiger partial charge in [0, 0.05) is 34.9 Å². The lowest BCUT2D eigenvalue weighted by molar-refractivity contribution is 0.0951. The molecule has 1 amide bonds. The van der Waals surface area contributed by atoms with Crippen LogP contribution in [0.25, 0.3) is 10.4 Å². The molecule has 0 aliphatic heterocycles. The number of aromatic amines is 1. The molecule has 1 aromatic carbocycles. The minimum Gasteiger partial charge on any atom is -0.366 e. The zero-order valence-corrected chi connectivity index (χ0v) is 13.0. The number of nitrogens with one attached hydrogen (secondary N) is 2. The summed E-state index contributed by atoms with van der Waals surface area (Å²) in [5, 5.41) is 2.73. The van der Waals surface area contributed by atoms with Gasteiger partial charge in [0.25, 0.3) is 5.91 Å². The van der Waals surface area contributed by atoms with Crippen molar-refractivity contribution in [3.8, 4) is 10.4 Å². The first-order chi connectivity index (χ1) is 10.6. The van der Waals surface area contributed by atoms with Crippen LogP contribution in [0.2, 0.25) is 4.34 Å². The van der Waals surface area contributed by atoms with Gasteiger partial charge in [-0.05, 0) is 18.2 Å². The van der Waals surface area contributed by atoms with Crippen molar-refractivity contribution in [1.82, 2.24) is 10.3 Å². The highest BCUT2D eigenvalue weighted by molar-refractivity contribution is 7.19. The molecule has 112 valence electrons. The zero-order chi connectivity index (χ0) is 15.5. The summed E-state index contributed by atoms with van der Waals surface area (Å²) in [5.41, 5.74) is 1.74. The number of rotatable bonds is 4. The van der Waals surface area contributed by atoms with Crippen molar-refractivity contribution in [2.75, 3.05) is 0 Å². The summed E-state index contributed by atoms with van der Waals surface area (Å²) < 4.78 is 14.2. The predicted octanol–water partition coefficient (Wildman–Crippen LogP) is 4.47. The van der Waals surface area contributed by atoms with E-state index in [0.29, 0.717) is 15.5 Å². The van der Waals surface area contributed by atoms with E-state index < -0.39 is 0 Å². The Morgan fingerprint density at radius 1 is 1.23 bits per heavy atom. The first kappa shape index (κ1) is 14.8. The predicted molar refractivity (Wildman–Crippen MR) is 86.7 cm³/mol. The number of carbonyl (C=O) groups excluding carboxylic acids is 1. The lowest BCUT2D eigenvalue weighted by Gasteiger charge is -2.06. The van der Waals surface area contributed by atoms with E-state index in [4.69, 9.17) is 11.6 Å². The van der Waals surface area contributed by atoms with Crippen LogP contribution in [0.5, 0.6) is 0 Å². The molecule has 0 aliphatic rings. The Morgan fingerprint density at radius 3 is 2.77 bits per heavy atom. The summed E-state index contributed by atoms with van der Waals surface area (Å²) in [4.78, 5) is 16.1. The molecule has 0 atom stereocenters. The Kier molecular flexibility index (Phi) is 4.27. The van der Waals surface area contributed by atoms with Crippen LogP contribution in [0.1, 0.15) is 15.9 Å². The van der Waals surface area contributed by atoms with Gasteiger partial charge in [-0.3, -0.25) is 4.79 Å². The maximum atomic E-state index is 13.6. The van der Waals surface area contributed by atoms with Gasteiger partial charge in [0.2, 0.25) is 0 Å². The average molecular weight is 335 g/mol. The van der Waals surface area contributed by atoms with Crippen molar-refractivity contribution in [2.45, 2.75) is 6.54 Å². The molecule has 2 N–H and O–H groups in total. The van der Waals surface area contributed by atoms with Gasteiger partial charge in [-0.15, -0.1) is 11.3 Å². The molecule has 0 bridgehead atoms. The van der Waals surface area contributed by atoms with Crippen LogP contribution in [0.4, 0.5) is 4.39 Å². The number of halogens is 2. The minimum absolute atomic E-state index is 0.140. The fourth-order valence-corrected chi connectivity index (χ4v) is 3.20. The smallest absolute Gasteiger partial charge is 0.253 e. The van der Waals surface area contributed by atoms with Gasteiger partial charge in [-0.2, -0.15) is 0 Å². The molecule has 0 saturated carbocycles. The lowest BCUT2D eigenvalue weighted by atomic mass is 10.1. The minimum atomic E-state index is -0.331. The molecule has 22 heavy (non-hydrogen) atoms. The highest BCUT2D eigenvalue weighted by Gasteiger charge is 2.15. The molecule has 2 heterocycles. The van der Waals surface area contributed by atoms with Crippen molar-refractivity contribution in [2.24, 2.45) is 0 Å². The van der Waals surface area contributed by atoms with E-state index in [-0.39, 0.29) is 18.3 Å². The molecule has 0 saturated heterocycles. The van der Waals surface area contributed by atoms with Crippen LogP contribution >= 0.6 is 22.9 Å². The van der Waals surface area contributed by atoms with Gasteiger partial charge < -0.3 is 10.3 Å². The molecule has 3 aromatic rings. The van der Waals surface area contributed by atoms with Gasteiger partial charge in [-0.1, -0.05) is 29.8 Å². The molecule has 2 aromatic heterocycles. The largest absolute Gasteiger partial charge is 0.366 e. The van der Waals surface area contributed by atoms with E-state index in [1.165, 1.54) is 17.4 Å². The first-order valence-electron chi connectivity index (χ1n) is 6.59. The summed E-state index contributed by atoms with van der Waals surface area (Å²) in [6, 6.07) is 10.0. The Bertz CT molecular complexity index is 812. The molecule has 0 aliphatic carbocycles. The van der Waals surface area contributed by atoms with Crippen LogP contribution in [0, 0.1) is 5.82 Å². The lowest BCUT2D eigenvalue weighted by Crippen LogP contribution is -2.23. The zero-order valence-electron chi connectivity index (χ0n) is 11.4. The molecule has 3 rings (SSSR count). The summed E-state index contributed by atoms with van der Waals surface area (Å²) in [6.07, 6.45) is 3.37. The highest BCUT2D eigenvalue weighted by atomic mass is 35.5. The van der Waals surface area contributed by atoms with E-state index in [1.54, 1.807) is 36.7 Å². The van der Waals surface area contributed by atoms with Crippen molar-refractivity contribution in [1.29, 1.82) is 0 Å². The topological polar surface area (TPSA) is 44.9 Å². The number of aromatic nitrogens is 1. The number of carbonyl (C=O) groups is 1. The number of H-pyrrole nitrogens is 1. The van der Waals surface area contributed by atoms with Crippen molar-refractivity contribution in [3.05, 3.63) is 70.1 Å². The normalized spacial score (nSPS) is 10.6. The number of hydrogen-bond donors (Lipinski definition) is 2. The molecule has 6 heteroatoms. The monoisotopic (exact) mass is 334 g/mol. The van der Waals surface area contributed by atoms with Gasteiger partial charge >= 0.3 is 0 Å². The van der Waals surface area contributed by atoms with Crippen LogP contribution in [-0.2, 0) is 6.54 Å². The van der Waals surface area contributed by atoms with Crippen LogP contribution in [0.3, 0.4) is 0 Å². The maximum absolute atomic E-state index is 13.6. The van der Waals surface area contributed by atoms with Crippen LogP contribution in [-0.4, -0.2) is 10.9 Å². The standard InChI is InChI=1S/C16H12ClFN2OS/c17-15-6-5-14(22-15)11-8-19-9-12(11)16(21)20-7-10-3-1-2-4-13(10)18/h1-6,8-9,19H,7H2,(H,20,21). The molecular weight excluding hydrogens is 323 g/mol. The van der Waals surface area contributed by atoms with Gasteiger partial charge in [-0.25, -0.2) is 4.39 Å². The number of amides is 1. The Balaban J connectivity index is 1.76. The summed E-state index contributed by atoms with van der Waals surface area (Å²) >= 11 is 7.33.